The second-order valence-electron chi connectivity index (χ2n) is 5.69. The number of aliphatic hydroxyl groups is 1. The molecule has 2 aromatic rings. The van der Waals surface area contributed by atoms with E-state index in [9.17, 15) is 0 Å². The highest BCUT2D eigenvalue weighted by Gasteiger charge is 2.17. The smallest absolute Gasteiger partial charge is 0.128 e. The van der Waals surface area contributed by atoms with Crippen molar-refractivity contribution < 1.29 is 9.84 Å². The summed E-state index contributed by atoms with van der Waals surface area (Å²) in [5, 5.41) is 9.03. The molecule has 4 nitrogen and oxygen atoms in total. The van der Waals surface area contributed by atoms with Gasteiger partial charge in [0.1, 0.15) is 5.75 Å². The molecule has 0 atom stereocenters. The fourth-order valence-corrected chi connectivity index (χ4v) is 2.08. The molecule has 0 aliphatic rings. The quantitative estimate of drug-likeness (QED) is 0.814. The SMILES string of the molecule is CC(C)(CCO)CCOc1ccccc1-c1c[nH]cn1. The molecule has 0 amide bonds. The lowest BCUT2D eigenvalue weighted by Gasteiger charge is -2.23. The van der Waals surface area contributed by atoms with Gasteiger partial charge in [0.2, 0.25) is 0 Å². The molecule has 0 saturated carbocycles. The van der Waals surface area contributed by atoms with Crippen LogP contribution in [0.25, 0.3) is 11.3 Å². The van der Waals surface area contributed by atoms with Gasteiger partial charge in [-0.3, -0.25) is 0 Å². The van der Waals surface area contributed by atoms with Crippen molar-refractivity contribution >= 4 is 0 Å². The Morgan fingerprint density at radius 2 is 2.05 bits per heavy atom. The number of rotatable bonds is 7. The van der Waals surface area contributed by atoms with E-state index in [1.807, 2.05) is 30.5 Å². The molecule has 2 rings (SSSR count). The summed E-state index contributed by atoms with van der Waals surface area (Å²) >= 11 is 0. The Morgan fingerprint density at radius 3 is 2.75 bits per heavy atom. The molecule has 1 aromatic carbocycles. The Labute approximate surface area is 119 Å². The summed E-state index contributed by atoms with van der Waals surface area (Å²) in [6.07, 6.45) is 5.22. The minimum atomic E-state index is 0.0933. The Kier molecular flexibility index (Phi) is 4.79. The van der Waals surface area contributed by atoms with Crippen molar-refractivity contribution in [2.45, 2.75) is 26.7 Å². The van der Waals surface area contributed by atoms with Gasteiger partial charge in [0.15, 0.2) is 0 Å². The molecule has 0 spiro atoms. The van der Waals surface area contributed by atoms with Crippen LogP contribution in [0.4, 0.5) is 0 Å². The molecule has 0 saturated heterocycles. The van der Waals surface area contributed by atoms with Gasteiger partial charge in [-0.1, -0.05) is 26.0 Å². The molecule has 0 radical (unpaired) electrons. The van der Waals surface area contributed by atoms with Crippen molar-refractivity contribution in [2.75, 3.05) is 13.2 Å². The van der Waals surface area contributed by atoms with Crippen molar-refractivity contribution in [3.63, 3.8) is 0 Å². The zero-order valence-corrected chi connectivity index (χ0v) is 12.1. The van der Waals surface area contributed by atoms with Crippen molar-refractivity contribution in [3.8, 4) is 17.0 Å². The second kappa shape index (κ2) is 6.57. The highest BCUT2D eigenvalue weighted by Crippen LogP contribution is 2.29. The fourth-order valence-electron chi connectivity index (χ4n) is 2.08. The molecule has 0 aliphatic heterocycles. The van der Waals surface area contributed by atoms with Crippen molar-refractivity contribution in [1.82, 2.24) is 9.97 Å². The highest BCUT2D eigenvalue weighted by atomic mass is 16.5. The molecule has 0 bridgehead atoms. The maximum atomic E-state index is 9.03. The van der Waals surface area contributed by atoms with Crippen molar-refractivity contribution in [1.29, 1.82) is 0 Å². The first-order valence-electron chi connectivity index (χ1n) is 6.94. The van der Waals surface area contributed by atoms with E-state index < -0.39 is 0 Å². The molecular formula is C16H22N2O2. The van der Waals surface area contributed by atoms with Gasteiger partial charge in [-0.2, -0.15) is 0 Å². The van der Waals surface area contributed by atoms with Gasteiger partial charge in [-0.05, 0) is 30.4 Å². The number of aliphatic hydroxyl groups excluding tert-OH is 1. The summed E-state index contributed by atoms with van der Waals surface area (Å²) in [7, 11) is 0. The molecule has 1 aromatic heterocycles. The number of nitrogens with zero attached hydrogens (tertiary/aromatic N) is 1. The Bertz CT molecular complexity index is 521. The van der Waals surface area contributed by atoms with Crippen LogP contribution in [0.5, 0.6) is 5.75 Å². The molecule has 1 heterocycles. The van der Waals surface area contributed by atoms with E-state index in [2.05, 4.69) is 23.8 Å². The van der Waals surface area contributed by atoms with Crippen LogP contribution in [0.15, 0.2) is 36.8 Å². The number of imidazole rings is 1. The summed E-state index contributed by atoms with van der Waals surface area (Å²) in [5.41, 5.74) is 1.97. The van der Waals surface area contributed by atoms with Crippen LogP contribution in [0, 0.1) is 5.41 Å². The van der Waals surface area contributed by atoms with Crippen LogP contribution >= 0.6 is 0 Å². The zero-order chi connectivity index (χ0) is 14.4. The summed E-state index contributed by atoms with van der Waals surface area (Å²) < 4.78 is 5.91. The number of hydrogen-bond acceptors (Lipinski definition) is 3. The molecule has 0 unspecified atom stereocenters. The van der Waals surface area contributed by atoms with Gasteiger partial charge in [0.25, 0.3) is 0 Å². The van der Waals surface area contributed by atoms with Gasteiger partial charge in [-0.25, -0.2) is 4.98 Å². The third-order valence-corrected chi connectivity index (χ3v) is 3.49. The number of aromatic amines is 1. The Balaban J connectivity index is 2.00. The summed E-state index contributed by atoms with van der Waals surface area (Å²) in [6, 6.07) is 7.91. The monoisotopic (exact) mass is 274 g/mol. The Hall–Kier alpha value is -1.81. The average molecular weight is 274 g/mol. The standard InChI is InChI=1S/C16H22N2O2/c1-16(2,7-9-19)8-10-20-15-6-4-3-5-13(15)14-11-17-12-18-14/h3-6,11-12,19H,7-10H2,1-2H3,(H,17,18). The first kappa shape index (κ1) is 14.6. The zero-order valence-electron chi connectivity index (χ0n) is 12.1. The highest BCUT2D eigenvalue weighted by molar-refractivity contribution is 5.66. The maximum Gasteiger partial charge on any atom is 0.128 e. The molecule has 2 N–H and O–H groups in total. The largest absolute Gasteiger partial charge is 0.493 e. The number of para-hydroxylation sites is 1. The second-order valence-corrected chi connectivity index (χ2v) is 5.69. The molecular weight excluding hydrogens is 252 g/mol. The average Bonchev–Trinajstić information content (AvgIpc) is 2.93. The van der Waals surface area contributed by atoms with E-state index in [1.165, 1.54) is 0 Å². The lowest BCUT2D eigenvalue weighted by Crippen LogP contribution is -2.17. The van der Waals surface area contributed by atoms with Gasteiger partial charge in [0, 0.05) is 18.4 Å². The summed E-state index contributed by atoms with van der Waals surface area (Å²) in [6.45, 7) is 5.14. The number of H-pyrrole nitrogens is 1. The molecule has 0 fully saturated rings. The van der Waals surface area contributed by atoms with Gasteiger partial charge in [-0.15, -0.1) is 0 Å². The van der Waals surface area contributed by atoms with E-state index in [1.54, 1.807) is 6.33 Å². The van der Waals surface area contributed by atoms with E-state index in [4.69, 9.17) is 9.84 Å². The van der Waals surface area contributed by atoms with Crippen LogP contribution in [0.2, 0.25) is 0 Å². The molecule has 4 heteroatoms. The number of benzene rings is 1. The van der Waals surface area contributed by atoms with E-state index in [0.717, 1.165) is 29.8 Å². The minimum absolute atomic E-state index is 0.0933. The lowest BCUT2D eigenvalue weighted by atomic mass is 9.86. The van der Waals surface area contributed by atoms with Crippen LogP contribution in [0.1, 0.15) is 26.7 Å². The van der Waals surface area contributed by atoms with E-state index in [0.29, 0.717) is 6.61 Å². The summed E-state index contributed by atoms with van der Waals surface area (Å²) in [4.78, 5) is 7.22. The van der Waals surface area contributed by atoms with Crippen LogP contribution < -0.4 is 4.74 Å². The third kappa shape index (κ3) is 3.84. The van der Waals surface area contributed by atoms with Gasteiger partial charge < -0.3 is 14.8 Å². The number of hydrogen-bond donors (Lipinski definition) is 2. The van der Waals surface area contributed by atoms with Crippen LogP contribution in [0.3, 0.4) is 0 Å². The third-order valence-electron chi connectivity index (χ3n) is 3.49. The van der Waals surface area contributed by atoms with Crippen molar-refractivity contribution in [2.24, 2.45) is 5.41 Å². The lowest BCUT2D eigenvalue weighted by molar-refractivity contribution is 0.172. The van der Waals surface area contributed by atoms with Crippen LogP contribution in [-0.2, 0) is 0 Å². The predicted octanol–water partition coefficient (Wildman–Crippen LogP) is 3.25. The maximum absolute atomic E-state index is 9.03. The summed E-state index contributed by atoms with van der Waals surface area (Å²) in [5.74, 6) is 0.847. The molecule has 20 heavy (non-hydrogen) atoms. The topological polar surface area (TPSA) is 58.1 Å². The van der Waals surface area contributed by atoms with Gasteiger partial charge >= 0.3 is 0 Å². The number of nitrogens with one attached hydrogen (secondary N) is 1. The van der Waals surface area contributed by atoms with Gasteiger partial charge in [0.05, 0.1) is 18.6 Å². The van der Waals surface area contributed by atoms with E-state index >= 15 is 0 Å². The normalized spacial score (nSPS) is 11.6. The molecule has 108 valence electrons. The first-order chi connectivity index (χ1) is 9.62. The minimum Gasteiger partial charge on any atom is -0.493 e. The Morgan fingerprint density at radius 1 is 1.25 bits per heavy atom. The van der Waals surface area contributed by atoms with Crippen LogP contribution in [-0.4, -0.2) is 28.3 Å². The first-order valence-corrected chi connectivity index (χ1v) is 6.94. The molecule has 0 aliphatic carbocycles. The number of aromatic nitrogens is 2. The van der Waals surface area contributed by atoms with E-state index in [-0.39, 0.29) is 12.0 Å². The fraction of sp³-hybridized carbons (Fsp3) is 0.438. The number of ether oxygens (including phenoxy) is 1. The van der Waals surface area contributed by atoms with Crippen molar-refractivity contribution in [3.05, 3.63) is 36.8 Å². The predicted molar refractivity (Wildman–Crippen MR) is 79.6 cm³/mol.